The minimum absolute atomic E-state index is 0. The second-order valence-electron chi connectivity index (χ2n) is 0.0913. The van der Waals surface area contributed by atoms with Crippen LogP contribution in [0, 0.1) is 6.58 Å². The molecule has 0 atom stereocenters. The molecule has 0 aromatic heterocycles. The molecule has 0 aliphatic carbocycles. The van der Waals surface area contributed by atoms with Gasteiger partial charge < -0.3 is 16.5 Å². The van der Waals surface area contributed by atoms with Crippen LogP contribution in [0.5, 0.6) is 0 Å². The van der Waals surface area contributed by atoms with E-state index in [4.69, 9.17) is 9.90 Å². The zero-order chi connectivity index (χ0) is 4.71. The third-order valence-corrected chi connectivity index (χ3v) is 0. The van der Waals surface area contributed by atoms with Gasteiger partial charge in [0.1, 0.15) is 0 Å². The molecule has 0 aromatic carbocycles. The van der Waals surface area contributed by atoms with Gasteiger partial charge >= 0.3 is 0 Å². The summed E-state index contributed by atoms with van der Waals surface area (Å²) in [6, 6.07) is 0. The molecule has 0 aromatic rings. The van der Waals surface area contributed by atoms with Crippen LogP contribution in [-0.4, -0.2) is 11.6 Å². The van der Waals surface area contributed by atoms with Crippen LogP contribution in [0.25, 0.3) is 0 Å². The SMILES string of the molecule is O=[C-]O.[CH-]=C.[Y]. The van der Waals surface area contributed by atoms with E-state index >= 15 is 0 Å². The Labute approximate surface area is 62.1 Å². The van der Waals surface area contributed by atoms with Gasteiger partial charge in [-0.15, -0.1) is 0 Å². The molecule has 33 valence electrons. The fourth-order valence-electron chi connectivity index (χ4n) is 0. The van der Waals surface area contributed by atoms with Crippen LogP contribution in [0.3, 0.4) is 0 Å². The van der Waals surface area contributed by atoms with Crippen LogP contribution in [-0.2, 0) is 37.5 Å². The first kappa shape index (κ1) is 16.2. The molecule has 0 saturated heterocycles. The number of rotatable bonds is 0. The van der Waals surface area contributed by atoms with E-state index in [1.807, 2.05) is 0 Å². The number of hydrogen-bond acceptors (Lipinski definition) is 1. The Hall–Kier alpha value is 0.314. The van der Waals surface area contributed by atoms with Gasteiger partial charge in [0.25, 0.3) is 0 Å². The molecular weight excluding hydrogens is 157 g/mol. The van der Waals surface area contributed by atoms with E-state index < -0.39 is 0 Å². The predicted molar refractivity (Wildman–Crippen MR) is 18.2 cm³/mol. The topological polar surface area (TPSA) is 37.3 Å². The maximum absolute atomic E-state index is 8.24. The quantitative estimate of drug-likeness (QED) is 0.515. The zero-order valence-electron chi connectivity index (χ0n) is 3.22. The maximum atomic E-state index is 8.24. The van der Waals surface area contributed by atoms with E-state index in [0.29, 0.717) is 6.47 Å². The van der Waals surface area contributed by atoms with Crippen molar-refractivity contribution in [2.75, 3.05) is 0 Å². The van der Waals surface area contributed by atoms with Gasteiger partial charge in [0.15, 0.2) is 0 Å². The Morgan fingerprint density at radius 3 is 1.67 bits per heavy atom. The summed E-state index contributed by atoms with van der Waals surface area (Å²) in [5.41, 5.74) is 0. The molecule has 0 spiro atoms. The Balaban J connectivity index is -0.0000000275. The number of hydrogen-bond donors (Lipinski definition) is 1. The summed E-state index contributed by atoms with van der Waals surface area (Å²) >= 11 is 0. The van der Waals surface area contributed by atoms with Gasteiger partial charge in [-0.25, -0.2) is 0 Å². The molecule has 0 heterocycles. The van der Waals surface area contributed by atoms with Gasteiger partial charge in [0.2, 0.25) is 0 Å². The van der Waals surface area contributed by atoms with Crippen molar-refractivity contribution in [3.8, 4) is 0 Å². The standard InChI is InChI=1S/C2H3.CHO2.Y/c1-2;2-1-3;/h1H,2H2;(H,2,3);/q2*-1;. The molecule has 1 N–H and O–H groups in total. The summed E-state index contributed by atoms with van der Waals surface area (Å²) in [4.78, 5) is 8.24. The molecule has 0 aliphatic rings. The molecule has 0 aliphatic heterocycles. The van der Waals surface area contributed by atoms with Crippen molar-refractivity contribution in [2.24, 2.45) is 0 Å². The average Bonchev–Trinajstić information content (AvgIpc) is 1.46. The summed E-state index contributed by atoms with van der Waals surface area (Å²) in [6.45, 7) is 7.50. The predicted octanol–water partition coefficient (Wildman–Crippen LogP) is 0.214. The monoisotopic (exact) mass is 161 g/mol. The minimum atomic E-state index is 0. The first-order valence-corrected chi connectivity index (χ1v) is 0.836. The van der Waals surface area contributed by atoms with Gasteiger partial charge in [-0.05, 0) is 0 Å². The summed E-state index contributed by atoms with van der Waals surface area (Å²) in [6.07, 6.45) is 0. The molecule has 0 rings (SSSR count). The van der Waals surface area contributed by atoms with E-state index in [0.717, 1.165) is 0 Å². The van der Waals surface area contributed by atoms with Crippen LogP contribution in [0.2, 0.25) is 0 Å². The molecule has 0 unspecified atom stereocenters. The van der Waals surface area contributed by atoms with Crippen LogP contribution in [0.15, 0.2) is 6.58 Å². The van der Waals surface area contributed by atoms with Crippen molar-refractivity contribution in [3.05, 3.63) is 13.2 Å². The van der Waals surface area contributed by atoms with Crippen molar-refractivity contribution < 1.29 is 42.6 Å². The van der Waals surface area contributed by atoms with E-state index in [-0.39, 0.29) is 32.7 Å². The summed E-state index contributed by atoms with van der Waals surface area (Å²) < 4.78 is 0. The Morgan fingerprint density at radius 2 is 1.67 bits per heavy atom. The zero-order valence-corrected chi connectivity index (χ0v) is 6.06. The third kappa shape index (κ3) is 481. The van der Waals surface area contributed by atoms with E-state index in [9.17, 15) is 0 Å². The molecule has 0 saturated carbocycles. The molecule has 3 heteroatoms. The Morgan fingerprint density at radius 1 is 1.67 bits per heavy atom. The first-order chi connectivity index (χ1) is 2.41. The normalized spacial score (nSPS) is 2.67. The number of aliphatic hydroxyl groups excluding tert-OH is 1. The molecule has 2 nitrogen and oxygen atoms in total. The molecule has 1 radical (unpaired) electrons. The summed E-state index contributed by atoms with van der Waals surface area (Å²) in [7, 11) is 0. The van der Waals surface area contributed by atoms with E-state index in [1.54, 1.807) is 0 Å². The average molecular weight is 161 g/mol. The first-order valence-electron chi connectivity index (χ1n) is 0.836. The van der Waals surface area contributed by atoms with Crippen LogP contribution < -0.4 is 0 Å². The summed E-state index contributed by atoms with van der Waals surface area (Å²) in [5.74, 6) is 0. The van der Waals surface area contributed by atoms with Crippen molar-refractivity contribution in [1.29, 1.82) is 0 Å². The van der Waals surface area contributed by atoms with Gasteiger partial charge in [-0.2, -0.15) is 0 Å². The second-order valence-corrected chi connectivity index (χ2v) is 0.0913. The van der Waals surface area contributed by atoms with Crippen LogP contribution in [0.1, 0.15) is 0 Å². The van der Waals surface area contributed by atoms with E-state index in [1.165, 1.54) is 0 Å². The smallest absolute Gasteiger partial charge is 0 e. The minimum Gasteiger partial charge on any atom is -0.665 e. The maximum Gasteiger partial charge on any atom is 0 e. The molecule has 0 fully saturated rings. The second kappa shape index (κ2) is 57.3. The fraction of sp³-hybridized carbons (Fsp3) is 0. The van der Waals surface area contributed by atoms with Gasteiger partial charge in [0, 0.05) is 32.7 Å². The Bertz CT molecular complexity index is 22.8. The van der Waals surface area contributed by atoms with Gasteiger partial charge in [-0.1, -0.05) is 6.47 Å². The van der Waals surface area contributed by atoms with Crippen molar-refractivity contribution in [1.82, 2.24) is 0 Å². The fourth-order valence-corrected chi connectivity index (χ4v) is 0. The van der Waals surface area contributed by atoms with Crippen LogP contribution >= 0.6 is 0 Å². The van der Waals surface area contributed by atoms with E-state index in [2.05, 4.69) is 13.2 Å². The molecule has 0 bridgehead atoms. The largest absolute Gasteiger partial charge is 0.665 e. The van der Waals surface area contributed by atoms with Gasteiger partial charge in [-0.3, -0.25) is 6.58 Å². The Kier molecular flexibility index (Phi) is 155. The third-order valence-electron chi connectivity index (χ3n) is 0. The van der Waals surface area contributed by atoms with Gasteiger partial charge in [0.05, 0.1) is 0 Å². The van der Waals surface area contributed by atoms with Crippen molar-refractivity contribution in [3.63, 3.8) is 0 Å². The molecular formula is C3H4O2Y-2. The van der Waals surface area contributed by atoms with Crippen molar-refractivity contribution >= 4 is 6.47 Å². The summed E-state index contributed by atoms with van der Waals surface area (Å²) in [5, 5.41) is 6.76. The van der Waals surface area contributed by atoms with Crippen LogP contribution in [0.4, 0.5) is 0 Å². The van der Waals surface area contributed by atoms with Crippen molar-refractivity contribution in [2.45, 2.75) is 0 Å². The molecule has 0 amide bonds. The molecule has 6 heavy (non-hydrogen) atoms.